The minimum atomic E-state index is -1.10. The molecule has 0 unspecified atom stereocenters. The monoisotopic (exact) mass is 376 g/mol. The second-order valence-corrected chi connectivity index (χ2v) is 6.47. The summed E-state index contributed by atoms with van der Waals surface area (Å²) in [5.41, 5.74) is 2.06. The third-order valence-electron chi connectivity index (χ3n) is 3.35. The van der Waals surface area contributed by atoms with Gasteiger partial charge in [-0.15, -0.1) is 0 Å². The lowest BCUT2D eigenvalue weighted by Gasteiger charge is -2.07. The van der Waals surface area contributed by atoms with Gasteiger partial charge in [0.2, 0.25) is 0 Å². The van der Waals surface area contributed by atoms with Crippen LogP contribution in [0, 0.1) is 0 Å². The molecule has 128 valence electrons. The van der Waals surface area contributed by atoms with E-state index in [4.69, 9.17) is 16.3 Å². The first-order chi connectivity index (χ1) is 12.0. The minimum Gasteiger partial charge on any atom is -0.503 e. The molecular formula is C17H13ClN2O4S. The Morgan fingerprint density at radius 3 is 2.80 bits per heavy atom. The Kier molecular flexibility index (Phi) is 4.87. The van der Waals surface area contributed by atoms with Gasteiger partial charge in [0.05, 0.1) is 23.2 Å². The second kappa shape index (κ2) is 7.08. The van der Waals surface area contributed by atoms with Gasteiger partial charge in [0.15, 0.2) is 16.7 Å². The summed E-state index contributed by atoms with van der Waals surface area (Å²) >= 11 is 6.93. The molecule has 0 fully saturated rings. The quantitative estimate of drug-likeness (QED) is 0.457. The van der Waals surface area contributed by atoms with Crippen molar-refractivity contribution in [3.05, 3.63) is 51.9 Å². The van der Waals surface area contributed by atoms with Crippen molar-refractivity contribution < 1.29 is 19.7 Å². The molecule has 2 aromatic carbocycles. The maximum absolute atomic E-state index is 11.6. The first-order valence-corrected chi connectivity index (χ1v) is 8.31. The number of hydrogen-bond acceptors (Lipinski definition) is 5. The van der Waals surface area contributed by atoms with E-state index in [0.29, 0.717) is 10.7 Å². The standard InChI is InChI=1S/C17H13ClN2O4S/c1-24-13-7-9(6-10(18)15(13)21)8-14(16(22)23)25-17-19-11-4-2-3-5-12(11)20-17/h2-8,21H,1H3,(H,19,20)(H,22,23)/b14-8-. The van der Waals surface area contributed by atoms with Gasteiger partial charge < -0.3 is 19.9 Å². The molecule has 0 saturated heterocycles. The third-order valence-corrected chi connectivity index (χ3v) is 4.54. The molecule has 3 N–H and O–H groups in total. The number of aromatic nitrogens is 2. The van der Waals surface area contributed by atoms with Crippen molar-refractivity contribution >= 4 is 46.4 Å². The molecular weight excluding hydrogens is 364 g/mol. The van der Waals surface area contributed by atoms with Gasteiger partial charge in [0.25, 0.3) is 0 Å². The summed E-state index contributed by atoms with van der Waals surface area (Å²) in [4.78, 5) is 19.1. The Morgan fingerprint density at radius 1 is 1.36 bits per heavy atom. The summed E-state index contributed by atoms with van der Waals surface area (Å²) in [6.07, 6.45) is 1.44. The molecule has 0 aliphatic rings. The summed E-state index contributed by atoms with van der Waals surface area (Å²) in [5.74, 6) is -1.13. The Balaban J connectivity index is 1.97. The van der Waals surface area contributed by atoms with E-state index in [1.807, 2.05) is 24.3 Å². The fraction of sp³-hybridized carbons (Fsp3) is 0.0588. The number of hydrogen-bond donors (Lipinski definition) is 3. The number of thioether (sulfide) groups is 1. The first-order valence-electron chi connectivity index (χ1n) is 7.12. The lowest BCUT2D eigenvalue weighted by Crippen LogP contribution is -1.97. The maximum Gasteiger partial charge on any atom is 0.342 e. The van der Waals surface area contributed by atoms with E-state index in [1.54, 1.807) is 0 Å². The van der Waals surface area contributed by atoms with Crippen LogP contribution in [-0.4, -0.2) is 33.3 Å². The van der Waals surface area contributed by atoms with Gasteiger partial charge in [0.1, 0.15) is 4.91 Å². The number of H-pyrrole nitrogens is 1. The number of para-hydroxylation sites is 2. The van der Waals surface area contributed by atoms with Crippen molar-refractivity contribution in [2.24, 2.45) is 0 Å². The van der Waals surface area contributed by atoms with Crippen molar-refractivity contribution in [3.8, 4) is 11.5 Å². The number of phenols is 1. The summed E-state index contributed by atoms with van der Waals surface area (Å²) < 4.78 is 5.03. The van der Waals surface area contributed by atoms with Crippen LogP contribution in [-0.2, 0) is 4.79 Å². The van der Waals surface area contributed by atoms with Crippen molar-refractivity contribution in [1.29, 1.82) is 0 Å². The number of carboxylic acid groups (broad SMARTS) is 1. The molecule has 0 radical (unpaired) electrons. The molecule has 0 aliphatic heterocycles. The van der Waals surface area contributed by atoms with Crippen LogP contribution in [0.2, 0.25) is 5.02 Å². The highest BCUT2D eigenvalue weighted by Crippen LogP contribution is 2.36. The summed E-state index contributed by atoms with van der Waals surface area (Å²) in [6, 6.07) is 10.4. The number of phenolic OH excluding ortho intramolecular Hbond substituents is 1. The zero-order chi connectivity index (χ0) is 18.0. The zero-order valence-corrected chi connectivity index (χ0v) is 14.6. The highest BCUT2D eigenvalue weighted by Gasteiger charge is 2.15. The van der Waals surface area contributed by atoms with E-state index in [1.165, 1.54) is 25.3 Å². The van der Waals surface area contributed by atoms with E-state index in [0.717, 1.165) is 22.8 Å². The van der Waals surface area contributed by atoms with Crippen LogP contribution in [0.3, 0.4) is 0 Å². The number of aromatic hydroxyl groups is 1. The van der Waals surface area contributed by atoms with Crippen LogP contribution in [0.25, 0.3) is 17.1 Å². The van der Waals surface area contributed by atoms with E-state index >= 15 is 0 Å². The average Bonchev–Trinajstić information content (AvgIpc) is 2.99. The van der Waals surface area contributed by atoms with Gasteiger partial charge in [-0.05, 0) is 47.7 Å². The third kappa shape index (κ3) is 3.72. The van der Waals surface area contributed by atoms with Crippen LogP contribution in [0.4, 0.5) is 0 Å². The lowest BCUT2D eigenvalue weighted by molar-refractivity contribution is -0.131. The minimum absolute atomic E-state index is 0.0443. The van der Waals surface area contributed by atoms with Crippen LogP contribution in [0.1, 0.15) is 5.56 Å². The van der Waals surface area contributed by atoms with Crippen LogP contribution in [0.15, 0.2) is 46.5 Å². The zero-order valence-electron chi connectivity index (χ0n) is 13.0. The van der Waals surface area contributed by atoms with Gasteiger partial charge in [-0.3, -0.25) is 0 Å². The van der Waals surface area contributed by atoms with Crippen molar-refractivity contribution in [2.75, 3.05) is 7.11 Å². The van der Waals surface area contributed by atoms with Crippen molar-refractivity contribution in [1.82, 2.24) is 9.97 Å². The van der Waals surface area contributed by atoms with Crippen LogP contribution < -0.4 is 4.74 Å². The maximum atomic E-state index is 11.6. The first kappa shape index (κ1) is 17.2. The Labute approximate surface area is 152 Å². The number of nitrogens with zero attached hydrogens (tertiary/aromatic N) is 1. The SMILES string of the molecule is COc1cc(/C=C(\Sc2nc3ccccc3[nH]2)C(=O)O)cc(Cl)c1O. The summed E-state index contributed by atoms with van der Waals surface area (Å²) in [5, 5.41) is 19.8. The Bertz CT molecular complexity index is 951. The molecule has 3 rings (SSSR count). The largest absolute Gasteiger partial charge is 0.503 e. The number of methoxy groups -OCH3 is 1. The second-order valence-electron chi connectivity index (χ2n) is 5.03. The molecule has 1 heterocycles. The highest BCUT2D eigenvalue weighted by molar-refractivity contribution is 8.04. The van der Waals surface area contributed by atoms with E-state index in [2.05, 4.69) is 9.97 Å². The molecule has 1 aromatic heterocycles. The fourth-order valence-electron chi connectivity index (χ4n) is 2.20. The highest BCUT2D eigenvalue weighted by atomic mass is 35.5. The number of benzene rings is 2. The molecule has 25 heavy (non-hydrogen) atoms. The Hall–Kier alpha value is -2.64. The number of fused-ring (bicyclic) bond motifs is 1. The van der Waals surface area contributed by atoms with Crippen molar-refractivity contribution in [2.45, 2.75) is 5.16 Å². The number of ether oxygens (including phenoxy) is 1. The molecule has 0 atom stereocenters. The van der Waals surface area contributed by atoms with E-state index < -0.39 is 5.97 Å². The van der Waals surface area contributed by atoms with Gasteiger partial charge >= 0.3 is 5.97 Å². The fourth-order valence-corrected chi connectivity index (χ4v) is 3.22. The average molecular weight is 377 g/mol. The van der Waals surface area contributed by atoms with Gasteiger partial charge in [0, 0.05) is 0 Å². The van der Waals surface area contributed by atoms with Gasteiger partial charge in [-0.2, -0.15) is 0 Å². The molecule has 6 nitrogen and oxygen atoms in total. The Morgan fingerprint density at radius 2 is 2.12 bits per heavy atom. The number of carboxylic acids is 1. The molecule has 3 aromatic rings. The van der Waals surface area contributed by atoms with Crippen LogP contribution >= 0.6 is 23.4 Å². The number of aliphatic carboxylic acids is 1. The summed E-state index contributed by atoms with van der Waals surface area (Å²) in [7, 11) is 1.39. The number of imidazole rings is 1. The lowest BCUT2D eigenvalue weighted by atomic mass is 10.2. The number of halogens is 1. The van der Waals surface area contributed by atoms with Crippen molar-refractivity contribution in [3.63, 3.8) is 0 Å². The van der Waals surface area contributed by atoms with Gasteiger partial charge in [-0.25, -0.2) is 9.78 Å². The number of rotatable bonds is 5. The van der Waals surface area contributed by atoms with E-state index in [-0.39, 0.29) is 21.4 Å². The molecule has 0 amide bonds. The number of aromatic amines is 1. The smallest absolute Gasteiger partial charge is 0.342 e. The molecule has 8 heteroatoms. The van der Waals surface area contributed by atoms with E-state index in [9.17, 15) is 15.0 Å². The van der Waals surface area contributed by atoms with Crippen LogP contribution in [0.5, 0.6) is 11.5 Å². The molecule has 0 saturated carbocycles. The van der Waals surface area contributed by atoms with Gasteiger partial charge in [-0.1, -0.05) is 23.7 Å². The molecule has 0 spiro atoms. The number of nitrogens with one attached hydrogen (secondary N) is 1. The number of carbonyl (C=O) groups is 1. The predicted octanol–water partition coefficient (Wildman–Crippen LogP) is 4.15. The molecule has 0 bridgehead atoms. The topological polar surface area (TPSA) is 95.4 Å². The predicted molar refractivity (Wildman–Crippen MR) is 97.2 cm³/mol. The normalized spacial score (nSPS) is 11.7. The molecule has 0 aliphatic carbocycles. The summed E-state index contributed by atoms with van der Waals surface area (Å²) in [6.45, 7) is 0.